The Morgan fingerprint density at radius 1 is 1.33 bits per heavy atom. The van der Waals surface area contributed by atoms with Gasteiger partial charge in [-0.15, -0.1) is 0 Å². The summed E-state index contributed by atoms with van der Waals surface area (Å²) in [5, 5.41) is 13.9. The lowest BCUT2D eigenvalue weighted by atomic mass is 10.3. The minimum absolute atomic E-state index is 0.00647. The van der Waals surface area contributed by atoms with Crippen LogP contribution < -0.4 is 20.5 Å². The van der Waals surface area contributed by atoms with Gasteiger partial charge in [0.25, 0.3) is 0 Å². The number of nitrogens with two attached hydrogens (primary N) is 1. The Morgan fingerprint density at radius 2 is 2.10 bits per heavy atom. The van der Waals surface area contributed by atoms with Crippen LogP contribution in [0.2, 0.25) is 0 Å². The highest BCUT2D eigenvalue weighted by molar-refractivity contribution is 5.53. The molecule has 0 saturated carbocycles. The Labute approximate surface area is 119 Å². The first kappa shape index (κ1) is 14.3. The third-order valence-corrected chi connectivity index (χ3v) is 2.55. The molecule has 110 valence electrons. The van der Waals surface area contributed by atoms with E-state index < -0.39 is 4.92 Å². The van der Waals surface area contributed by atoms with E-state index >= 15 is 0 Å². The zero-order valence-electron chi connectivity index (χ0n) is 11.4. The van der Waals surface area contributed by atoms with Crippen LogP contribution in [0.4, 0.5) is 17.5 Å². The minimum atomic E-state index is -0.568. The lowest BCUT2D eigenvalue weighted by molar-refractivity contribution is -0.385. The van der Waals surface area contributed by atoms with Gasteiger partial charge < -0.3 is 20.5 Å². The fourth-order valence-electron chi connectivity index (χ4n) is 1.59. The topological polar surface area (TPSA) is 125 Å². The first-order chi connectivity index (χ1) is 10.0. The third-order valence-electron chi connectivity index (χ3n) is 2.55. The number of aromatic nitrogens is 2. The van der Waals surface area contributed by atoms with Crippen molar-refractivity contribution in [2.24, 2.45) is 0 Å². The lowest BCUT2D eigenvalue weighted by Gasteiger charge is -2.08. The van der Waals surface area contributed by atoms with Crippen molar-refractivity contribution in [3.05, 3.63) is 34.4 Å². The molecule has 0 radical (unpaired) electrons. The Hall–Kier alpha value is -3.10. The molecule has 3 N–H and O–H groups in total. The number of nitro benzene ring substituents is 1. The van der Waals surface area contributed by atoms with Gasteiger partial charge in [-0.25, -0.2) is 0 Å². The van der Waals surface area contributed by atoms with E-state index in [2.05, 4.69) is 15.3 Å². The third kappa shape index (κ3) is 3.26. The Balaban J connectivity index is 2.39. The molecule has 21 heavy (non-hydrogen) atoms. The van der Waals surface area contributed by atoms with Crippen LogP contribution in [0.5, 0.6) is 17.4 Å². The first-order valence-corrected chi connectivity index (χ1v) is 5.86. The molecule has 0 aliphatic carbocycles. The zero-order chi connectivity index (χ0) is 15.4. The number of nitrogens with zero attached hydrogens (tertiary/aromatic N) is 3. The second-order valence-electron chi connectivity index (χ2n) is 3.89. The average molecular weight is 291 g/mol. The quantitative estimate of drug-likeness (QED) is 0.631. The van der Waals surface area contributed by atoms with Crippen molar-refractivity contribution >= 4 is 17.5 Å². The maximum atomic E-state index is 11.1. The van der Waals surface area contributed by atoms with Crippen LogP contribution in [0, 0.1) is 10.1 Å². The Morgan fingerprint density at radius 3 is 2.71 bits per heavy atom. The van der Waals surface area contributed by atoms with Crippen LogP contribution >= 0.6 is 0 Å². The predicted molar refractivity (Wildman–Crippen MR) is 75.7 cm³/mol. The number of rotatable bonds is 5. The molecule has 9 nitrogen and oxygen atoms in total. The van der Waals surface area contributed by atoms with Gasteiger partial charge in [0.1, 0.15) is 11.6 Å². The van der Waals surface area contributed by atoms with E-state index in [0.29, 0.717) is 11.6 Å². The number of hydrogen-bond donors (Lipinski definition) is 2. The van der Waals surface area contributed by atoms with Crippen LogP contribution in [0.1, 0.15) is 0 Å². The second-order valence-corrected chi connectivity index (χ2v) is 3.89. The summed E-state index contributed by atoms with van der Waals surface area (Å²) in [7, 11) is 3.07. The molecule has 2 rings (SSSR count). The molecule has 0 spiro atoms. The highest BCUT2D eigenvalue weighted by atomic mass is 16.6. The molecule has 0 aliphatic rings. The van der Waals surface area contributed by atoms with Gasteiger partial charge in [-0.1, -0.05) is 0 Å². The molecular formula is C12H13N5O4. The summed E-state index contributed by atoms with van der Waals surface area (Å²) >= 11 is 0. The van der Waals surface area contributed by atoms with Crippen LogP contribution in [0.15, 0.2) is 24.3 Å². The zero-order valence-corrected chi connectivity index (χ0v) is 11.4. The molecule has 0 unspecified atom stereocenters. The van der Waals surface area contributed by atoms with E-state index in [-0.39, 0.29) is 23.3 Å². The van der Waals surface area contributed by atoms with E-state index in [1.54, 1.807) is 13.1 Å². The van der Waals surface area contributed by atoms with E-state index in [9.17, 15) is 10.1 Å². The van der Waals surface area contributed by atoms with Gasteiger partial charge in [-0.05, 0) is 12.1 Å². The highest BCUT2D eigenvalue weighted by Gasteiger charge is 2.18. The van der Waals surface area contributed by atoms with E-state index in [0.717, 1.165) is 0 Å². The van der Waals surface area contributed by atoms with Crippen LogP contribution in [-0.2, 0) is 0 Å². The standard InChI is InChI=1S/C12H13N5O4/c1-14-10-6-11(16-12(13)15-10)21-9-4-3-7(20-2)5-8(9)17(18)19/h3-6H,1-2H3,(H3,13,14,15,16). The molecule has 0 fully saturated rings. The summed E-state index contributed by atoms with van der Waals surface area (Å²) in [6.07, 6.45) is 0. The first-order valence-electron chi connectivity index (χ1n) is 5.86. The number of benzene rings is 1. The Kier molecular flexibility index (Phi) is 4.02. The molecule has 0 atom stereocenters. The van der Waals surface area contributed by atoms with Crippen molar-refractivity contribution in [3.63, 3.8) is 0 Å². The number of nitro groups is 1. The van der Waals surface area contributed by atoms with Crippen molar-refractivity contribution in [2.45, 2.75) is 0 Å². The molecule has 0 saturated heterocycles. The highest BCUT2D eigenvalue weighted by Crippen LogP contribution is 2.34. The van der Waals surface area contributed by atoms with Gasteiger partial charge in [0.05, 0.1) is 18.1 Å². The normalized spacial score (nSPS) is 10.0. The summed E-state index contributed by atoms with van der Waals surface area (Å²) in [6, 6.07) is 5.71. The van der Waals surface area contributed by atoms with E-state index in [1.807, 2.05) is 0 Å². The van der Waals surface area contributed by atoms with Gasteiger partial charge >= 0.3 is 5.69 Å². The number of nitrogen functional groups attached to an aromatic ring is 1. The molecular weight excluding hydrogens is 278 g/mol. The minimum Gasteiger partial charge on any atom is -0.496 e. The number of hydrogen-bond acceptors (Lipinski definition) is 8. The number of ether oxygens (including phenoxy) is 2. The van der Waals surface area contributed by atoms with Crippen molar-refractivity contribution < 1.29 is 14.4 Å². The molecule has 0 bridgehead atoms. The average Bonchev–Trinajstić information content (AvgIpc) is 2.46. The molecule has 9 heteroatoms. The fourth-order valence-corrected chi connectivity index (χ4v) is 1.59. The van der Waals surface area contributed by atoms with Crippen LogP contribution in [0.3, 0.4) is 0 Å². The second kappa shape index (κ2) is 5.90. The summed E-state index contributed by atoms with van der Waals surface area (Å²) < 4.78 is 10.4. The summed E-state index contributed by atoms with van der Waals surface area (Å²) in [5.74, 6) is 0.912. The monoisotopic (exact) mass is 291 g/mol. The van der Waals surface area contributed by atoms with Crippen molar-refractivity contribution in [2.75, 3.05) is 25.2 Å². The smallest absolute Gasteiger partial charge is 0.315 e. The van der Waals surface area contributed by atoms with Gasteiger partial charge in [-0.2, -0.15) is 9.97 Å². The maximum absolute atomic E-state index is 11.1. The lowest BCUT2D eigenvalue weighted by Crippen LogP contribution is -2.02. The van der Waals surface area contributed by atoms with Gasteiger partial charge in [0.2, 0.25) is 17.6 Å². The SMILES string of the molecule is CNc1cc(Oc2ccc(OC)cc2[N+](=O)[O-])nc(N)n1. The van der Waals surface area contributed by atoms with Gasteiger partial charge in [0.15, 0.2) is 0 Å². The Bertz CT molecular complexity index is 677. The number of methoxy groups -OCH3 is 1. The molecule has 1 heterocycles. The van der Waals surface area contributed by atoms with Crippen LogP contribution in [0.25, 0.3) is 0 Å². The van der Waals surface area contributed by atoms with Crippen molar-refractivity contribution in [1.29, 1.82) is 0 Å². The molecule has 2 aromatic rings. The number of anilines is 2. The molecule has 0 amide bonds. The summed E-state index contributed by atoms with van der Waals surface area (Å²) in [5.41, 5.74) is 5.30. The van der Waals surface area contributed by atoms with Gasteiger partial charge in [-0.3, -0.25) is 10.1 Å². The van der Waals surface area contributed by atoms with Crippen molar-refractivity contribution in [3.8, 4) is 17.4 Å². The van der Waals surface area contributed by atoms with Gasteiger partial charge in [0, 0.05) is 13.1 Å². The van der Waals surface area contributed by atoms with E-state index in [4.69, 9.17) is 15.2 Å². The predicted octanol–water partition coefficient (Wildman–Crippen LogP) is 1.81. The fraction of sp³-hybridized carbons (Fsp3) is 0.167. The summed E-state index contributed by atoms with van der Waals surface area (Å²) in [6.45, 7) is 0. The molecule has 1 aromatic carbocycles. The van der Waals surface area contributed by atoms with Crippen LogP contribution in [-0.4, -0.2) is 29.0 Å². The maximum Gasteiger partial charge on any atom is 0.315 e. The van der Waals surface area contributed by atoms with E-state index in [1.165, 1.54) is 25.3 Å². The molecule has 0 aliphatic heterocycles. The molecule has 1 aromatic heterocycles. The summed E-state index contributed by atoms with van der Waals surface area (Å²) in [4.78, 5) is 18.3. The largest absolute Gasteiger partial charge is 0.496 e. The number of nitrogens with one attached hydrogen (secondary N) is 1. The van der Waals surface area contributed by atoms with Crippen molar-refractivity contribution in [1.82, 2.24) is 9.97 Å².